The first-order valence-electron chi connectivity index (χ1n) is 8.91. The summed E-state index contributed by atoms with van der Waals surface area (Å²) in [6.45, 7) is 3.54. The molecule has 1 unspecified atom stereocenters. The Labute approximate surface area is 160 Å². The van der Waals surface area contributed by atoms with Gasteiger partial charge >= 0.3 is 6.09 Å². The monoisotopic (exact) mass is 384 g/mol. The standard InChI is InChI=1S/C18H20N6O2S/c1-12(27-17-20-22-23-21-17)13-6-9-24(10-7-13)18(25)26-15-5-4-14-3-2-8-19-16(14)11-15/h2-5,8,11-13H,6-7,9-10H2,1H3,(H,20,21,22,23). The Morgan fingerprint density at radius 3 is 2.96 bits per heavy atom. The molecule has 0 aliphatic carbocycles. The zero-order chi connectivity index (χ0) is 18.6. The second kappa shape index (κ2) is 7.91. The number of aromatic amines is 1. The number of likely N-dealkylation sites (tertiary alicyclic amines) is 1. The molecule has 9 heteroatoms. The average Bonchev–Trinajstić information content (AvgIpc) is 3.21. The van der Waals surface area contributed by atoms with Gasteiger partial charge < -0.3 is 9.64 Å². The second-order valence-corrected chi connectivity index (χ2v) is 7.91. The minimum atomic E-state index is -0.304. The summed E-state index contributed by atoms with van der Waals surface area (Å²) in [5, 5.41) is 16.1. The number of carbonyl (C=O) groups is 1. The molecule has 1 amide bonds. The van der Waals surface area contributed by atoms with Gasteiger partial charge in [0.25, 0.3) is 0 Å². The van der Waals surface area contributed by atoms with Crippen LogP contribution >= 0.6 is 11.8 Å². The van der Waals surface area contributed by atoms with Crippen molar-refractivity contribution in [2.75, 3.05) is 13.1 Å². The molecule has 1 atom stereocenters. The highest BCUT2D eigenvalue weighted by atomic mass is 32.2. The fourth-order valence-corrected chi connectivity index (χ4v) is 4.27. The van der Waals surface area contributed by atoms with E-state index in [0.717, 1.165) is 23.7 Å². The van der Waals surface area contributed by atoms with Crippen LogP contribution in [-0.4, -0.2) is 54.9 Å². The van der Waals surface area contributed by atoms with Crippen LogP contribution in [0.1, 0.15) is 19.8 Å². The maximum absolute atomic E-state index is 12.5. The van der Waals surface area contributed by atoms with Crippen LogP contribution in [0.3, 0.4) is 0 Å². The van der Waals surface area contributed by atoms with E-state index in [9.17, 15) is 4.79 Å². The number of carbonyl (C=O) groups excluding carboxylic acids is 1. The zero-order valence-corrected chi connectivity index (χ0v) is 15.7. The predicted molar refractivity (Wildman–Crippen MR) is 102 cm³/mol. The lowest BCUT2D eigenvalue weighted by Gasteiger charge is -2.33. The quantitative estimate of drug-likeness (QED) is 0.690. The van der Waals surface area contributed by atoms with Crippen molar-refractivity contribution in [3.8, 4) is 5.75 Å². The van der Waals surface area contributed by atoms with E-state index in [4.69, 9.17) is 4.74 Å². The average molecular weight is 384 g/mol. The van der Waals surface area contributed by atoms with E-state index in [1.807, 2.05) is 18.2 Å². The van der Waals surface area contributed by atoms with Gasteiger partial charge in [-0.15, -0.1) is 10.2 Å². The van der Waals surface area contributed by atoms with Crippen molar-refractivity contribution in [3.63, 3.8) is 0 Å². The number of nitrogens with one attached hydrogen (secondary N) is 1. The molecule has 1 saturated heterocycles. The van der Waals surface area contributed by atoms with Gasteiger partial charge in [-0.05, 0) is 42.2 Å². The van der Waals surface area contributed by atoms with Crippen molar-refractivity contribution in [3.05, 3.63) is 36.5 Å². The number of ether oxygens (including phenoxy) is 1. The summed E-state index contributed by atoms with van der Waals surface area (Å²) in [6, 6.07) is 9.37. The highest BCUT2D eigenvalue weighted by molar-refractivity contribution is 7.99. The molecule has 1 N–H and O–H groups in total. The molecule has 4 rings (SSSR count). The number of fused-ring (bicyclic) bond motifs is 1. The highest BCUT2D eigenvalue weighted by Gasteiger charge is 2.28. The summed E-state index contributed by atoms with van der Waals surface area (Å²) in [7, 11) is 0. The number of thioether (sulfide) groups is 1. The third-order valence-corrected chi connectivity index (χ3v) is 6.00. The van der Waals surface area contributed by atoms with Crippen LogP contribution in [0.5, 0.6) is 5.75 Å². The van der Waals surface area contributed by atoms with Crippen molar-refractivity contribution in [2.45, 2.75) is 30.2 Å². The molecule has 8 nitrogen and oxygen atoms in total. The molecule has 0 bridgehead atoms. The number of amides is 1. The molecule has 0 spiro atoms. The van der Waals surface area contributed by atoms with E-state index in [1.165, 1.54) is 0 Å². The number of rotatable bonds is 4. The molecule has 27 heavy (non-hydrogen) atoms. The summed E-state index contributed by atoms with van der Waals surface area (Å²) in [4.78, 5) is 18.5. The zero-order valence-electron chi connectivity index (χ0n) is 14.9. The molecule has 2 aromatic heterocycles. The van der Waals surface area contributed by atoms with E-state index >= 15 is 0 Å². The van der Waals surface area contributed by atoms with Gasteiger partial charge in [0.1, 0.15) is 5.75 Å². The molecule has 0 radical (unpaired) electrons. The van der Waals surface area contributed by atoms with Crippen LogP contribution in [0.4, 0.5) is 4.79 Å². The van der Waals surface area contributed by atoms with Crippen molar-refractivity contribution in [1.82, 2.24) is 30.5 Å². The normalized spacial score (nSPS) is 16.4. The number of aromatic nitrogens is 5. The number of hydrogen-bond acceptors (Lipinski definition) is 7. The molecular formula is C18H20N6O2S. The SMILES string of the molecule is CC(Sc1nn[nH]n1)C1CCN(C(=O)Oc2ccc3cccnc3c2)CC1. The lowest BCUT2D eigenvalue weighted by molar-refractivity contribution is 0.131. The number of benzene rings is 1. The first kappa shape index (κ1) is 17.7. The van der Waals surface area contributed by atoms with Crippen LogP contribution in [0, 0.1) is 5.92 Å². The predicted octanol–water partition coefficient (Wildman–Crippen LogP) is 3.14. The number of pyridine rings is 1. The number of nitrogens with zero attached hydrogens (tertiary/aromatic N) is 5. The molecule has 1 aromatic carbocycles. The smallest absolute Gasteiger partial charge is 0.410 e. The molecule has 0 saturated carbocycles. The minimum absolute atomic E-state index is 0.304. The van der Waals surface area contributed by atoms with E-state index in [1.54, 1.807) is 35.0 Å². The van der Waals surface area contributed by atoms with Crippen molar-refractivity contribution >= 4 is 28.8 Å². The van der Waals surface area contributed by atoms with Gasteiger partial charge in [0.15, 0.2) is 0 Å². The van der Waals surface area contributed by atoms with Crippen LogP contribution in [0.25, 0.3) is 10.9 Å². The Balaban J connectivity index is 1.31. The number of tetrazole rings is 1. The topological polar surface area (TPSA) is 96.9 Å². The lowest BCUT2D eigenvalue weighted by atomic mass is 9.94. The van der Waals surface area contributed by atoms with E-state index in [2.05, 4.69) is 32.5 Å². The van der Waals surface area contributed by atoms with Gasteiger partial charge in [-0.1, -0.05) is 24.8 Å². The lowest BCUT2D eigenvalue weighted by Crippen LogP contribution is -2.41. The molecule has 3 heterocycles. The highest BCUT2D eigenvalue weighted by Crippen LogP contribution is 2.31. The van der Waals surface area contributed by atoms with Crippen LogP contribution in [-0.2, 0) is 0 Å². The van der Waals surface area contributed by atoms with Crippen molar-refractivity contribution in [1.29, 1.82) is 0 Å². The minimum Gasteiger partial charge on any atom is -0.410 e. The molecule has 1 aliphatic heterocycles. The van der Waals surface area contributed by atoms with Crippen LogP contribution in [0.15, 0.2) is 41.7 Å². The van der Waals surface area contributed by atoms with E-state index in [0.29, 0.717) is 35.2 Å². The number of piperidine rings is 1. The summed E-state index contributed by atoms with van der Waals surface area (Å²) in [6.07, 6.45) is 3.29. The number of hydrogen-bond donors (Lipinski definition) is 1. The van der Waals surface area contributed by atoms with Crippen molar-refractivity contribution in [2.24, 2.45) is 5.92 Å². The molecule has 140 valence electrons. The molecular weight excluding hydrogens is 364 g/mol. The Bertz CT molecular complexity index is 911. The Morgan fingerprint density at radius 1 is 1.33 bits per heavy atom. The van der Waals surface area contributed by atoms with Gasteiger partial charge in [-0.3, -0.25) is 4.98 Å². The van der Waals surface area contributed by atoms with Crippen LogP contribution in [0.2, 0.25) is 0 Å². The van der Waals surface area contributed by atoms with Crippen molar-refractivity contribution < 1.29 is 9.53 Å². The Kier molecular flexibility index (Phi) is 5.19. The maximum atomic E-state index is 12.5. The Hall–Kier alpha value is -2.68. The summed E-state index contributed by atoms with van der Waals surface area (Å²) in [5.74, 6) is 1.02. The summed E-state index contributed by atoms with van der Waals surface area (Å²) in [5.41, 5.74) is 0.814. The van der Waals surface area contributed by atoms with Gasteiger partial charge in [0, 0.05) is 36.0 Å². The third kappa shape index (κ3) is 4.19. The molecule has 3 aromatic rings. The second-order valence-electron chi connectivity index (χ2n) is 6.57. The first-order valence-corrected chi connectivity index (χ1v) is 9.78. The van der Waals surface area contributed by atoms with E-state index < -0.39 is 0 Å². The third-order valence-electron chi connectivity index (χ3n) is 4.86. The molecule has 1 fully saturated rings. The Morgan fingerprint density at radius 2 is 2.19 bits per heavy atom. The fraction of sp³-hybridized carbons (Fsp3) is 0.389. The number of H-pyrrole nitrogens is 1. The first-order chi connectivity index (χ1) is 13.2. The van der Waals surface area contributed by atoms with Gasteiger partial charge in [0.2, 0.25) is 5.16 Å². The van der Waals surface area contributed by atoms with Crippen LogP contribution < -0.4 is 4.74 Å². The largest absolute Gasteiger partial charge is 0.415 e. The fourth-order valence-electron chi connectivity index (χ4n) is 3.29. The summed E-state index contributed by atoms with van der Waals surface area (Å²) >= 11 is 1.61. The summed E-state index contributed by atoms with van der Waals surface area (Å²) < 4.78 is 5.55. The van der Waals surface area contributed by atoms with Gasteiger partial charge in [-0.25, -0.2) is 4.79 Å². The van der Waals surface area contributed by atoms with Gasteiger partial charge in [0.05, 0.1) is 5.52 Å². The maximum Gasteiger partial charge on any atom is 0.415 e. The van der Waals surface area contributed by atoms with Gasteiger partial charge in [-0.2, -0.15) is 5.21 Å². The van der Waals surface area contributed by atoms with E-state index in [-0.39, 0.29) is 6.09 Å². The molecule has 1 aliphatic rings.